The van der Waals surface area contributed by atoms with E-state index in [1.807, 2.05) is 0 Å². The van der Waals surface area contributed by atoms with Crippen molar-refractivity contribution >= 4 is 27.1 Å². The third kappa shape index (κ3) is 18.8. The summed E-state index contributed by atoms with van der Waals surface area (Å²) in [4.78, 5) is 9.60. The van der Waals surface area contributed by atoms with E-state index in [1.165, 1.54) is 24.2 Å². The van der Waals surface area contributed by atoms with Gasteiger partial charge in [0.15, 0.2) is 0 Å². The van der Waals surface area contributed by atoms with Gasteiger partial charge >= 0.3 is 62.7 Å². The quantitative estimate of drug-likeness (QED) is 0.480. The Morgan fingerprint density at radius 3 is 2.15 bits per heavy atom. The molecule has 76 valence electrons. The topological polar surface area (TPSA) is 37.3 Å². The number of hydrogen-bond donors (Lipinski definition) is 1. The third-order valence-corrected chi connectivity index (χ3v) is 4.77. The van der Waals surface area contributed by atoms with Crippen molar-refractivity contribution in [2.24, 2.45) is 0 Å². The first-order valence-electron chi connectivity index (χ1n) is 4.65. The van der Waals surface area contributed by atoms with Gasteiger partial charge in [-0.25, -0.2) is 4.79 Å². The van der Waals surface area contributed by atoms with Crippen molar-refractivity contribution in [1.82, 2.24) is 0 Å². The first-order chi connectivity index (χ1) is 6.06. The van der Waals surface area contributed by atoms with E-state index in [0.29, 0.717) is 0 Å². The third-order valence-electron chi connectivity index (χ3n) is 1.32. The molecule has 0 atom stereocenters. The minimum absolute atomic E-state index is 0.176. The molecule has 0 rings (SSSR count). The molecule has 2 nitrogen and oxygen atoms in total. The molecule has 1 N–H and O–H groups in total. The zero-order valence-corrected chi connectivity index (χ0v) is 11.7. The summed E-state index contributed by atoms with van der Waals surface area (Å²) in [6, 6.07) is 0. The van der Waals surface area contributed by atoms with Crippen LogP contribution in [0.4, 0.5) is 0 Å². The summed E-state index contributed by atoms with van der Waals surface area (Å²) in [5, 5.41) is 7.89. The monoisotopic (exact) mass is 292 g/mol. The second-order valence-electron chi connectivity index (χ2n) is 2.79. The van der Waals surface area contributed by atoms with Crippen molar-refractivity contribution in [3.63, 3.8) is 0 Å². The number of carboxylic acids is 1. The molecule has 0 aliphatic heterocycles. The number of carboxylic acid groups (broad SMARTS) is 1. The number of carbonyl (C=O) groups is 1. The maximum absolute atomic E-state index is 9.60. The molecule has 0 spiro atoms. The van der Waals surface area contributed by atoms with Crippen LogP contribution in [0.5, 0.6) is 0 Å². The van der Waals surface area contributed by atoms with Crippen molar-refractivity contribution in [3.05, 3.63) is 12.2 Å². The van der Waals surface area contributed by atoms with Crippen LogP contribution in [0.3, 0.4) is 0 Å². The van der Waals surface area contributed by atoms with Crippen molar-refractivity contribution in [3.8, 4) is 0 Å². The molecule has 2 radical (unpaired) electrons. The molecule has 3 heteroatoms. The number of rotatable bonds is 5. The Labute approximate surface area is 91.6 Å². The Kier molecular flexibility index (Phi) is 14.3. The molecule has 0 aliphatic rings. The Morgan fingerprint density at radius 1 is 1.46 bits per heavy atom. The van der Waals surface area contributed by atoms with E-state index >= 15 is 0 Å². The average Bonchev–Trinajstić information content (AvgIpc) is 2.06. The predicted molar refractivity (Wildman–Crippen MR) is 58.4 cm³/mol. The Hall–Kier alpha value is 0.00870. The molecule has 13 heavy (non-hydrogen) atoms. The SMILES string of the molecule is C=C(C)C(=O)O.CCC[CH2][Sn][CH2]C. The van der Waals surface area contributed by atoms with Crippen LogP contribution in [0.2, 0.25) is 8.87 Å². The van der Waals surface area contributed by atoms with Gasteiger partial charge in [0.2, 0.25) is 0 Å². The van der Waals surface area contributed by atoms with Crippen LogP contribution >= 0.6 is 0 Å². The average molecular weight is 291 g/mol. The first kappa shape index (κ1) is 15.5. The van der Waals surface area contributed by atoms with Gasteiger partial charge < -0.3 is 5.11 Å². The summed E-state index contributed by atoms with van der Waals surface area (Å²) in [5.41, 5.74) is 0.176. The molecular formula is C10H20O2Sn. The number of hydrogen-bond acceptors (Lipinski definition) is 1. The van der Waals surface area contributed by atoms with E-state index < -0.39 is 5.97 Å². The van der Waals surface area contributed by atoms with Gasteiger partial charge in [-0.05, 0) is 6.92 Å². The fourth-order valence-corrected chi connectivity index (χ4v) is 3.21. The standard InChI is InChI=1S/C4H6O2.C4H9.C2H5.Sn/c1-3(2)4(5)6;1-3-4-2;1-2;/h1H2,2H3,(H,5,6);1,3-4H2,2H3;1H2,2H3;. The van der Waals surface area contributed by atoms with E-state index in [-0.39, 0.29) is 26.7 Å². The van der Waals surface area contributed by atoms with Crippen LogP contribution in [0.25, 0.3) is 0 Å². The Balaban J connectivity index is 0. The summed E-state index contributed by atoms with van der Waals surface area (Å²) in [6.07, 6.45) is 2.90. The normalized spacial score (nSPS) is 8.54. The summed E-state index contributed by atoms with van der Waals surface area (Å²) in [6.45, 7) is 9.20. The summed E-state index contributed by atoms with van der Waals surface area (Å²) in [7, 11) is 0. The molecule has 0 aromatic carbocycles. The molecular weight excluding hydrogens is 271 g/mol. The van der Waals surface area contributed by atoms with Gasteiger partial charge in [0.25, 0.3) is 0 Å². The molecule has 0 saturated carbocycles. The van der Waals surface area contributed by atoms with Gasteiger partial charge in [-0.15, -0.1) is 0 Å². The van der Waals surface area contributed by atoms with Crippen molar-refractivity contribution < 1.29 is 9.90 Å². The van der Waals surface area contributed by atoms with Gasteiger partial charge in [0, 0.05) is 5.57 Å². The summed E-state index contributed by atoms with van der Waals surface area (Å²) in [5.74, 6) is -0.935. The van der Waals surface area contributed by atoms with Crippen molar-refractivity contribution in [2.75, 3.05) is 0 Å². The molecule has 0 aromatic rings. The Morgan fingerprint density at radius 2 is 1.92 bits per heavy atom. The molecule has 0 unspecified atom stereocenters. The van der Waals surface area contributed by atoms with E-state index in [4.69, 9.17) is 5.11 Å². The molecule has 0 aliphatic carbocycles. The molecule has 0 amide bonds. The van der Waals surface area contributed by atoms with E-state index in [2.05, 4.69) is 20.4 Å². The van der Waals surface area contributed by atoms with Gasteiger partial charge in [0.05, 0.1) is 0 Å². The van der Waals surface area contributed by atoms with Gasteiger partial charge in [-0.3, -0.25) is 0 Å². The molecule has 0 heterocycles. The van der Waals surface area contributed by atoms with Crippen LogP contribution in [0, 0.1) is 0 Å². The zero-order valence-electron chi connectivity index (χ0n) is 8.89. The van der Waals surface area contributed by atoms with Gasteiger partial charge in [-0.1, -0.05) is 6.58 Å². The van der Waals surface area contributed by atoms with Crippen LogP contribution in [-0.4, -0.2) is 32.2 Å². The molecule has 0 saturated heterocycles. The molecule has 0 fully saturated rings. The predicted octanol–water partition coefficient (Wildman–Crippen LogP) is 2.99. The van der Waals surface area contributed by atoms with Gasteiger partial charge in [-0.2, -0.15) is 0 Å². The zero-order chi connectivity index (χ0) is 10.7. The number of aliphatic carboxylic acids is 1. The second-order valence-corrected chi connectivity index (χ2v) is 7.66. The number of unbranched alkanes of at least 4 members (excludes halogenated alkanes) is 1. The first-order valence-corrected chi connectivity index (χ1v) is 8.69. The fourth-order valence-electron chi connectivity index (χ4n) is 0.479. The summed E-state index contributed by atoms with van der Waals surface area (Å²) >= 11 is 0.184. The Bertz CT molecular complexity index is 128. The van der Waals surface area contributed by atoms with Gasteiger partial charge in [0.1, 0.15) is 0 Å². The van der Waals surface area contributed by atoms with Crippen LogP contribution in [0.1, 0.15) is 33.6 Å². The minimum atomic E-state index is -0.935. The maximum atomic E-state index is 9.60. The molecule has 0 bridgehead atoms. The van der Waals surface area contributed by atoms with E-state index in [9.17, 15) is 4.79 Å². The van der Waals surface area contributed by atoms with Crippen LogP contribution in [0.15, 0.2) is 12.2 Å². The van der Waals surface area contributed by atoms with E-state index in [1.54, 1.807) is 4.44 Å². The van der Waals surface area contributed by atoms with Crippen molar-refractivity contribution in [2.45, 2.75) is 42.5 Å². The second kappa shape index (κ2) is 12.0. The van der Waals surface area contributed by atoms with Crippen molar-refractivity contribution in [1.29, 1.82) is 0 Å². The fraction of sp³-hybridized carbons (Fsp3) is 0.700. The van der Waals surface area contributed by atoms with E-state index in [0.717, 1.165) is 0 Å². The summed E-state index contributed by atoms with van der Waals surface area (Å²) < 4.78 is 3.14. The van der Waals surface area contributed by atoms with Crippen LogP contribution < -0.4 is 0 Å². The molecule has 0 aromatic heterocycles. The van der Waals surface area contributed by atoms with Crippen LogP contribution in [-0.2, 0) is 4.79 Å².